The molecule has 0 fully saturated rings. The van der Waals surface area contributed by atoms with E-state index in [2.05, 4.69) is 26.7 Å². The number of aromatic nitrogens is 2. The van der Waals surface area contributed by atoms with Gasteiger partial charge in [-0.15, -0.1) is 11.3 Å². The fraction of sp³-hybridized carbons (Fsp3) is 0.214. The first-order chi connectivity index (χ1) is 17.3. The highest BCUT2D eigenvalue weighted by Gasteiger charge is 2.22. The molecule has 4 aromatic rings. The number of thiazole rings is 1. The summed E-state index contributed by atoms with van der Waals surface area (Å²) in [6.07, 6.45) is 3.52. The van der Waals surface area contributed by atoms with Crippen molar-refractivity contribution < 1.29 is 9.59 Å². The molecule has 0 aliphatic rings. The molecule has 2 aromatic carbocycles. The Morgan fingerprint density at radius 2 is 1.72 bits per heavy atom. The Hall–Kier alpha value is -3.88. The standard InChI is InChI=1S/C28H29N5O2S/c1-18(31-26(35)22-8-5-9-23(15-22)28(2,3)17-29)25(34)33-27-32-24(16-36-27)21-7-4-6-20(14-21)19-10-12-30-13-11-19/h4-16,18H,17,29H2,1-3H3,(H,31,35)(H,32,33,34)/t18-/m0/s1. The molecule has 0 bridgehead atoms. The molecule has 8 heteroatoms. The van der Waals surface area contributed by atoms with E-state index in [1.165, 1.54) is 11.3 Å². The van der Waals surface area contributed by atoms with Gasteiger partial charge < -0.3 is 16.4 Å². The van der Waals surface area contributed by atoms with Crippen LogP contribution in [0.3, 0.4) is 0 Å². The van der Waals surface area contributed by atoms with Gasteiger partial charge in [-0.3, -0.25) is 14.6 Å². The van der Waals surface area contributed by atoms with Crippen LogP contribution in [0.15, 0.2) is 78.4 Å². The highest BCUT2D eigenvalue weighted by molar-refractivity contribution is 7.14. The average molecular weight is 500 g/mol. The Kier molecular flexibility index (Phi) is 7.57. The van der Waals surface area contributed by atoms with E-state index >= 15 is 0 Å². The number of rotatable bonds is 8. The largest absolute Gasteiger partial charge is 0.341 e. The number of nitrogens with zero attached hydrogens (tertiary/aromatic N) is 2. The lowest BCUT2D eigenvalue weighted by Crippen LogP contribution is -2.41. The molecule has 0 aliphatic heterocycles. The third kappa shape index (κ3) is 5.84. The van der Waals surface area contributed by atoms with E-state index in [-0.39, 0.29) is 17.2 Å². The van der Waals surface area contributed by atoms with Gasteiger partial charge in [-0.05, 0) is 53.9 Å². The van der Waals surface area contributed by atoms with Crippen molar-refractivity contribution in [3.63, 3.8) is 0 Å². The highest BCUT2D eigenvalue weighted by Crippen LogP contribution is 2.29. The minimum Gasteiger partial charge on any atom is -0.341 e. The van der Waals surface area contributed by atoms with Gasteiger partial charge in [-0.1, -0.05) is 44.2 Å². The van der Waals surface area contributed by atoms with Crippen molar-refractivity contribution in [1.29, 1.82) is 0 Å². The molecule has 0 spiro atoms. The summed E-state index contributed by atoms with van der Waals surface area (Å²) in [4.78, 5) is 34.2. The van der Waals surface area contributed by atoms with Crippen molar-refractivity contribution in [2.45, 2.75) is 32.2 Å². The molecule has 0 aliphatic carbocycles. The maximum Gasteiger partial charge on any atom is 0.251 e. The normalized spacial score (nSPS) is 12.1. The van der Waals surface area contributed by atoms with Crippen LogP contribution in [-0.4, -0.2) is 34.4 Å². The van der Waals surface area contributed by atoms with Gasteiger partial charge in [0.05, 0.1) is 5.69 Å². The molecule has 4 rings (SSSR count). The van der Waals surface area contributed by atoms with Gasteiger partial charge in [0.15, 0.2) is 5.13 Å². The lowest BCUT2D eigenvalue weighted by Gasteiger charge is -2.23. The molecule has 2 amide bonds. The molecule has 0 radical (unpaired) electrons. The van der Waals surface area contributed by atoms with Crippen LogP contribution in [0.2, 0.25) is 0 Å². The Balaban J connectivity index is 1.40. The molecular weight excluding hydrogens is 470 g/mol. The topological polar surface area (TPSA) is 110 Å². The van der Waals surface area contributed by atoms with Crippen molar-refractivity contribution in [2.24, 2.45) is 5.73 Å². The first-order valence-electron chi connectivity index (χ1n) is 11.7. The number of amides is 2. The second-order valence-electron chi connectivity index (χ2n) is 9.21. The first-order valence-corrected chi connectivity index (χ1v) is 12.5. The summed E-state index contributed by atoms with van der Waals surface area (Å²) >= 11 is 1.34. The summed E-state index contributed by atoms with van der Waals surface area (Å²) in [5.74, 6) is -0.659. The Bertz CT molecular complexity index is 1370. The van der Waals surface area contributed by atoms with Gasteiger partial charge in [0.1, 0.15) is 6.04 Å². The molecule has 2 heterocycles. The van der Waals surface area contributed by atoms with E-state index in [9.17, 15) is 9.59 Å². The van der Waals surface area contributed by atoms with Crippen molar-refractivity contribution in [3.05, 3.63) is 89.6 Å². The van der Waals surface area contributed by atoms with Gasteiger partial charge in [0.25, 0.3) is 5.91 Å². The van der Waals surface area contributed by atoms with Crippen LogP contribution >= 0.6 is 11.3 Å². The van der Waals surface area contributed by atoms with Gasteiger partial charge in [0, 0.05) is 40.9 Å². The predicted molar refractivity (Wildman–Crippen MR) is 145 cm³/mol. The Labute approximate surface area is 214 Å². The van der Waals surface area contributed by atoms with Gasteiger partial charge >= 0.3 is 0 Å². The number of carbonyl (C=O) groups is 2. The molecule has 7 nitrogen and oxygen atoms in total. The number of nitrogens with one attached hydrogen (secondary N) is 2. The second-order valence-corrected chi connectivity index (χ2v) is 10.1. The second kappa shape index (κ2) is 10.8. The lowest BCUT2D eigenvalue weighted by atomic mass is 9.84. The van der Waals surface area contributed by atoms with Crippen LogP contribution in [0.25, 0.3) is 22.4 Å². The third-order valence-electron chi connectivity index (χ3n) is 6.06. The summed E-state index contributed by atoms with van der Waals surface area (Å²) < 4.78 is 0. The van der Waals surface area contributed by atoms with Crippen LogP contribution in [0, 0.1) is 0 Å². The summed E-state index contributed by atoms with van der Waals surface area (Å²) in [5, 5.41) is 7.94. The summed E-state index contributed by atoms with van der Waals surface area (Å²) in [5.41, 5.74) is 10.9. The molecule has 2 aromatic heterocycles. The van der Waals surface area contributed by atoms with Crippen molar-refractivity contribution in [3.8, 4) is 22.4 Å². The van der Waals surface area contributed by atoms with Crippen LogP contribution in [-0.2, 0) is 10.2 Å². The number of benzene rings is 2. The Morgan fingerprint density at radius 3 is 2.47 bits per heavy atom. The molecule has 0 saturated heterocycles. The lowest BCUT2D eigenvalue weighted by molar-refractivity contribution is -0.117. The first kappa shape index (κ1) is 25.2. The monoisotopic (exact) mass is 499 g/mol. The average Bonchev–Trinajstić information content (AvgIpc) is 3.37. The number of anilines is 1. The van der Waals surface area contributed by atoms with E-state index in [1.807, 2.05) is 67.8 Å². The number of carbonyl (C=O) groups excluding carboxylic acids is 2. The summed E-state index contributed by atoms with van der Waals surface area (Å²) in [6.45, 7) is 6.16. The zero-order valence-electron chi connectivity index (χ0n) is 20.5. The highest BCUT2D eigenvalue weighted by atomic mass is 32.1. The molecule has 4 N–H and O–H groups in total. The number of hydrogen-bond donors (Lipinski definition) is 3. The van der Waals surface area contributed by atoms with Crippen LogP contribution in [0.5, 0.6) is 0 Å². The van der Waals surface area contributed by atoms with Crippen molar-refractivity contribution >= 4 is 28.3 Å². The molecular formula is C28H29N5O2S. The fourth-order valence-corrected chi connectivity index (χ4v) is 4.35. The molecule has 0 saturated carbocycles. The third-order valence-corrected chi connectivity index (χ3v) is 6.82. The van der Waals surface area contributed by atoms with E-state index < -0.39 is 6.04 Å². The van der Waals surface area contributed by atoms with Crippen LogP contribution < -0.4 is 16.4 Å². The summed E-state index contributed by atoms with van der Waals surface area (Å²) in [7, 11) is 0. The smallest absolute Gasteiger partial charge is 0.251 e. The molecule has 1 atom stereocenters. The van der Waals surface area contributed by atoms with Gasteiger partial charge in [-0.25, -0.2) is 4.98 Å². The zero-order valence-corrected chi connectivity index (χ0v) is 21.3. The molecule has 36 heavy (non-hydrogen) atoms. The predicted octanol–water partition coefficient (Wildman–Crippen LogP) is 4.87. The van der Waals surface area contributed by atoms with Crippen molar-refractivity contribution in [2.75, 3.05) is 11.9 Å². The van der Waals surface area contributed by atoms with Gasteiger partial charge in [0.2, 0.25) is 5.91 Å². The van der Waals surface area contributed by atoms with Crippen LogP contribution in [0.1, 0.15) is 36.7 Å². The Morgan fingerprint density at radius 1 is 1.00 bits per heavy atom. The number of hydrogen-bond acceptors (Lipinski definition) is 6. The summed E-state index contributed by atoms with van der Waals surface area (Å²) in [6, 6.07) is 18.5. The SMILES string of the molecule is C[C@H](NC(=O)c1cccc(C(C)(C)CN)c1)C(=O)Nc1nc(-c2cccc(-c3ccncc3)c2)cs1. The zero-order chi connectivity index (χ0) is 25.7. The molecule has 184 valence electrons. The quantitative estimate of drug-likeness (QED) is 0.321. The minimum absolute atomic E-state index is 0.250. The minimum atomic E-state index is -0.744. The van der Waals surface area contributed by atoms with E-state index in [1.54, 1.807) is 25.4 Å². The van der Waals surface area contributed by atoms with E-state index in [0.717, 1.165) is 27.9 Å². The maximum absolute atomic E-state index is 12.8. The van der Waals surface area contributed by atoms with E-state index in [0.29, 0.717) is 17.2 Å². The van der Waals surface area contributed by atoms with E-state index in [4.69, 9.17) is 5.73 Å². The van der Waals surface area contributed by atoms with Crippen molar-refractivity contribution in [1.82, 2.24) is 15.3 Å². The number of nitrogens with two attached hydrogens (primary N) is 1. The van der Waals surface area contributed by atoms with Gasteiger partial charge in [-0.2, -0.15) is 0 Å². The fourth-order valence-electron chi connectivity index (χ4n) is 3.62. The number of pyridine rings is 1. The maximum atomic E-state index is 12.8. The van der Waals surface area contributed by atoms with Crippen LogP contribution in [0.4, 0.5) is 5.13 Å². The molecule has 0 unspecified atom stereocenters.